The maximum absolute atomic E-state index is 3.82. The summed E-state index contributed by atoms with van der Waals surface area (Å²) in [5.74, 6) is 0. The molecular weight excluding hydrogens is 162 g/mol. The molecule has 0 aliphatic heterocycles. The van der Waals surface area contributed by atoms with Crippen LogP contribution in [-0.2, 0) is 0 Å². The molecule has 0 aliphatic carbocycles. The zero-order valence-corrected chi connectivity index (χ0v) is 9.14. The molecule has 2 N–H and O–H groups in total. The third-order valence-electron chi connectivity index (χ3n) is 2.04. The zero-order valence-electron chi connectivity index (χ0n) is 9.14. The maximum atomic E-state index is 3.82. The largest absolute Gasteiger partial charge is 0.318 e. The van der Waals surface area contributed by atoms with Crippen molar-refractivity contribution in [3.63, 3.8) is 0 Å². The van der Waals surface area contributed by atoms with Crippen molar-refractivity contribution in [2.24, 2.45) is 0 Å². The SMILES string of the molecule is C=CC(CNC)N(C)CNCCC. The van der Waals surface area contributed by atoms with Crippen LogP contribution in [0.25, 0.3) is 0 Å². The van der Waals surface area contributed by atoms with Gasteiger partial charge in [0.25, 0.3) is 0 Å². The Hall–Kier alpha value is -0.380. The van der Waals surface area contributed by atoms with E-state index in [4.69, 9.17) is 0 Å². The van der Waals surface area contributed by atoms with Gasteiger partial charge in [-0.2, -0.15) is 0 Å². The van der Waals surface area contributed by atoms with Gasteiger partial charge in [-0.1, -0.05) is 13.0 Å². The van der Waals surface area contributed by atoms with Gasteiger partial charge in [-0.3, -0.25) is 4.90 Å². The smallest absolute Gasteiger partial charge is 0.0483 e. The van der Waals surface area contributed by atoms with Crippen molar-refractivity contribution in [2.75, 3.05) is 33.9 Å². The van der Waals surface area contributed by atoms with E-state index in [1.165, 1.54) is 6.42 Å². The Labute approximate surface area is 82.2 Å². The molecule has 0 rings (SSSR count). The third kappa shape index (κ3) is 5.80. The Morgan fingerprint density at radius 1 is 1.54 bits per heavy atom. The number of hydrogen-bond donors (Lipinski definition) is 2. The van der Waals surface area contributed by atoms with Crippen LogP contribution >= 0.6 is 0 Å². The standard InChI is InChI=1S/C10H23N3/c1-5-7-12-9-13(4)10(6-2)8-11-3/h6,10-12H,2,5,7-9H2,1,3-4H3. The van der Waals surface area contributed by atoms with Crippen LogP contribution in [-0.4, -0.2) is 44.8 Å². The van der Waals surface area contributed by atoms with Crippen LogP contribution in [0.5, 0.6) is 0 Å². The van der Waals surface area contributed by atoms with E-state index < -0.39 is 0 Å². The summed E-state index contributed by atoms with van der Waals surface area (Å²) in [4.78, 5) is 2.25. The van der Waals surface area contributed by atoms with Crippen molar-refractivity contribution < 1.29 is 0 Å². The first-order chi connectivity index (χ1) is 6.26. The number of rotatable bonds is 8. The molecule has 1 atom stereocenters. The van der Waals surface area contributed by atoms with Crippen LogP contribution < -0.4 is 10.6 Å². The van der Waals surface area contributed by atoms with Crippen LogP contribution in [0, 0.1) is 0 Å². The van der Waals surface area contributed by atoms with E-state index >= 15 is 0 Å². The fourth-order valence-corrected chi connectivity index (χ4v) is 1.18. The summed E-state index contributed by atoms with van der Waals surface area (Å²) < 4.78 is 0. The number of nitrogens with one attached hydrogen (secondary N) is 2. The van der Waals surface area contributed by atoms with E-state index in [9.17, 15) is 0 Å². The normalized spacial score (nSPS) is 13.2. The molecule has 0 aromatic rings. The van der Waals surface area contributed by atoms with Gasteiger partial charge in [0.1, 0.15) is 0 Å². The second-order valence-corrected chi connectivity index (χ2v) is 3.28. The quantitative estimate of drug-likeness (QED) is 0.330. The molecule has 78 valence electrons. The molecule has 0 saturated heterocycles. The van der Waals surface area contributed by atoms with E-state index in [1.54, 1.807) is 0 Å². The van der Waals surface area contributed by atoms with Gasteiger partial charge >= 0.3 is 0 Å². The molecule has 0 heterocycles. The van der Waals surface area contributed by atoms with Gasteiger partial charge in [0.05, 0.1) is 0 Å². The van der Waals surface area contributed by atoms with E-state index in [1.807, 2.05) is 13.1 Å². The van der Waals surface area contributed by atoms with Crippen molar-refractivity contribution in [3.05, 3.63) is 12.7 Å². The molecule has 1 unspecified atom stereocenters. The molecule has 0 aromatic heterocycles. The van der Waals surface area contributed by atoms with Crippen LogP contribution in [0.3, 0.4) is 0 Å². The first-order valence-electron chi connectivity index (χ1n) is 4.94. The molecular formula is C10H23N3. The molecule has 0 aromatic carbocycles. The number of likely N-dealkylation sites (N-methyl/N-ethyl adjacent to an activating group) is 2. The number of nitrogens with zero attached hydrogens (tertiary/aromatic N) is 1. The lowest BCUT2D eigenvalue weighted by atomic mass is 10.2. The second-order valence-electron chi connectivity index (χ2n) is 3.28. The fraction of sp³-hybridized carbons (Fsp3) is 0.800. The van der Waals surface area contributed by atoms with E-state index in [2.05, 4.69) is 36.1 Å². The predicted octanol–water partition coefficient (Wildman–Crippen LogP) is 0.649. The third-order valence-corrected chi connectivity index (χ3v) is 2.04. The van der Waals surface area contributed by atoms with Gasteiger partial charge in [0, 0.05) is 19.3 Å². The highest BCUT2D eigenvalue weighted by Crippen LogP contribution is 1.94. The molecule has 0 bridgehead atoms. The first-order valence-corrected chi connectivity index (χ1v) is 4.94. The van der Waals surface area contributed by atoms with Crippen LogP contribution in [0.15, 0.2) is 12.7 Å². The Bertz CT molecular complexity index is 125. The van der Waals surface area contributed by atoms with Gasteiger partial charge in [-0.05, 0) is 27.1 Å². The lowest BCUT2D eigenvalue weighted by Crippen LogP contribution is -2.42. The fourth-order valence-electron chi connectivity index (χ4n) is 1.18. The Kier molecular flexibility index (Phi) is 7.99. The summed E-state index contributed by atoms with van der Waals surface area (Å²) >= 11 is 0. The average molecular weight is 185 g/mol. The Balaban J connectivity index is 3.63. The molecule has 0 amide bonds. The van der Waals surface area contributed by atoms with E-state index in [0.29, 0.717) is 6.04 Å². The van der Waals surface area contributed by atoms with Gasteiger partial charge < -0.3 is 10.6 Å². The van der Waals surface area contributed by atoms with Crippen molar-refractivity contribution in [2.45, 2.75) is 19.4 Å². The second kappa shape index (κ2) is 8.23. The molecule has 0 fully saturated rings. The first kappa shape index (κ1) is 12.6. The molecule has 0 radical (unpaired) electrons. The van der Waals surface area contributed by atoms with E-state index in [-0.39, 0.29) is 0 Å². The van der Waals surface area contributed by atoms with Crippen LogP contribution in [0.2, 0.25) is 0 Å². The summed E-state index contributed by atoms with van der Waals surface area (Å²) in [5, 5.41) is 6.51. The summed E-state index contributed by atoms with van der Waals surface area (Å²) in [6.07, 6.45) is 3.16. The van der Waals surface area contributed by atoms with Crippen molar-refractivity contribution >= 4 is 0 Å². The van der Waals surface area contributed by atoms with Gasteiger partial charge in [0.15, 0.2) is 0 Å². The van der Waals surface area contributed by atoms with Crippen molar-refractivity contribution in [1.29, 1.82) is 0 Å². The monoisotopic (exact) mass is 185 g/mol. The number of hydrogen-bond acceptors (Lipinski definition) is 3. The van der Waals surface area contributed by atoms with Crippen molar-refractivity contribution in [3.8, 4) is 0 Å². The average Bonchev–Trinajstić information content (AvgIpc) is 2.14. The summed E-state index contributed by atoms with van der Waals surface area (Å²) in [5.41, 5.74) is 0. The van der Waals surface area contributed by atoms with Gasteiger partial charge in [0.2, 0.25) is 0 Å². The minimum atomic E-state index is 0.411. The van der Waals surface area contributed by atoms with Gasteiger partial charge in [-0.15, -0.1) is 6.58 Å². The summed E-state index contributed by atoms with van der Waals surface area (Å²) in [6.45, 7) is 8.94. The highest BCUT2D eigenvalue weighted by molar-refractivity contribution is 4.87. The van der Waals surface area contributed by atoms with Crippen molar-refractivity contribution in [1.82, 2.24) is 15.5 Å². The Morgan fingerprint density at radius 2 is 2.23 bits per heavy atom. The summed E-state index contributed by atoms with van der Waals surface area (Å²) in [6, 6.07) is 0.411. The lowest BCUT2D eigenvalue weighted by Gasteiger charge is -2.25. The molecule has 3 heteroatoms. The molecule has 13 heavy (non-hydrogen) atoms. The molecule has 0 spiro atoms. The minimum Gasteiger partial charge on any atom is -0.318 e. The molecule has 3 nitrogen and oxygen atoms in total. The topological polar surface area (TPSA) is 27.3 Å². The van der Waals surface area contributed by atoms with E-state index in [0.717, 1.165) is 19.8 Å². The Morgan fingerprint density at radius 3 is 2.69 bits per heavy atom. The van der Waals surface area contributed by atoms with Crippen LogP contribution in [0.1, 0.15) is 13.3 Å². The predicted molar refractivity (Wildman–Crippen MR) is 58.8 cm³/mol. The maximum Gasteiger partial charge on any atom is 0.0483 e. The minimum absolute atomic E-state index is 0.411. The highest BCUT2D eigenvalue weighted by atomic mass is 15.2. The van der Waals surface area contributed by atoms with Crippen LogP contribution in [0.4, 0.5) is 0 Å². The zero-order chi connectivity index (χ0) is 10.1. The highest BCUT2D eigenvalue weighted by Gasteiger charge is 2.07. The summed E-state index contributed by atoms with van der Waals surface area (Å²) in [7, 11) is 4.07. The van der Waals surface area contributed by atoms with Gasteiger partial charge in [-0.25, -0.2) is 0 Å². The lowest BCUT2D eigenvalue weighted by molar-refractivity contribution is 0.257. The molecule has 0 aliphatic rings. The molecule has 0 saturated carbocycles.